The van der Waals surface area contributed by atoms with Crippen LogP contribution in [0, 0.1) is 5.82 Å². The zero-order valence-electron chi connectivity index (χ0n) is 10.3. The molecule has 1 aromatic carbocycles. The number of halogens is 2. The Morgan fingerprint density at radius 2 is 2.21 bits per heavy atom. The lowest BCUT2D eigenvalue weighted by Gasteiger charge is -2.27. The third-order valence-corrected chi connectivity index (χ3v) is 5.25. The monoisotopic (exact) mass is 340 g/mol. The van der Waals surface area contributed by atoms with E-state index < -0.39 is 6.10 Å². The summed E-state index contributed by atoms with van der Waals surface area (Å²) in [4.78, 5) is 1.34. The second kappa shape index (κ2) is 5.35. The Morgan fingerprint density at radius 3 is 3.05 bits per heavy atom. The summed E-state index contributed by atoms with van der Waals surface area (Å²) in [6.07, 6.45) is 2.28. The van der Waals surface area contributed by atoms with E-state index in [1.54, 1.807) is 23.5 Å². The van der Waals surface area contributed by atoms with Crippen molar-refractivity contribution in [2.45, 2.75) is 31.3 Å². The fourth-order valence-corrected chi connectivity index (χ4v) is 4.18. The molecule has 1 aromatic heterocycles. The fourth-order valence-electron chi connectivity index (χ4n) is 2.81. The van der Waals surface area contributed by atoms with E-state index in [-0.39, 0.29) is 11.7 Å². The summed E-state index contributed by atoms with van der Waals surface area (Å²) in [5, 5.41) is 12.6. The molecule has 2 aromatic rings. The van der Waals surface area contributed by atoms with Crippen LogP contribution in [0.5, 0.6) is 0 Å². The molecule has 2 unspecified atom stereocenters. The lowest BCUT2D eigenvalue weighted by atomic mass is 9.81. The SMILES string of the molecule is OC(c1cc(Br)ccc1F)C1CCCc2sccc21. The first-order valence-electron chi connectivity index (χ1n) is 6.36. The summed E-state index contributed by atoms with van der Waals surface area (Å²) < 4.78 is 14.7. The summed E-state index contributed by atoms with van der Waals surface area (Å²) >= 11 is 5.07. The van der Waals surface area contributed by atoms with Gasteiger partial charge in [0.2, 0.25) is 0 Å². The van der Waals surface area contributed by atoms with Crippen LogP contribution in [0.25, 0.3) is 0 Å². The lowest BCUT2D eigenvalue weighted by molar-refractivity contribution is 0.132. The second-order valence-electron chi connectivity index (χ2n) is 4.91. The van der Waals surface area contributed by atoms with Crippen LogP contribution in [0.3, 0.4) is 0 Å². The number of hydrogen-bond acceptors (Lipinski definition) is 2. The molecule has 0 saturated carbocycles. The maximum atomic E-state index is 13.9. The van der Waals surface area contributed by atoms with Crippen molar-refractivity contribution in [3.63, 3.8) is 0 Å². The normalized spacial score (nSPS) is 20.1. The molecule has 0 spiro atoms. The van der Waals surface area contributed by atoms with E-state index in [0.717, 1.165) is 23.7 Å². The van der Waals surface area contributed by atoms with Crippen molar-refractivity contribution in [3.8, 4) is 0 Å². The molecule has 19 heavy (non-hydrogen) atoms. The number of aryl methyl sites for hydroxylation is 1. The number of aliphatic hydroxyl groups excluding tert-OH is 1. The molecule has 1 nitrogen and oxygen atoms in total. The van der Waals surface area contributed by atoms with Crippen molar-refractivity contribution in [2.75, 3.05) is 0 Å². The van der Waals surface area contributed by atoms with Crippen molar-refractivity contribution < 1.29 is 9.50 Å². The molecule has 0 amide bonds. The Morgan fingerprint density at radius 1 is 1.37 bits per heavy atom. The minimum absolute atomic E-state index is 0.0128. The molecule has 0 radical (unpaired) electrons. The summed E-state index contributed by atoms with van der Waals surface area (Å²) in [7, 11) is 0. The van der Waals surface area contributed by atoms with Crippen molar-refractivity contribution >= 4 is 27.3 Å². The van der Waals surface area contributed by atoms with Gasteiger partial charge in [-0.3, -0.25) is 0 Å². The molecule has 4 heteroatoms. The molecular weight excluding hydrogens is 327 g/mol. The molecule has 0 fully saturated rings. The molecule has 0 aliphatic heterocycles. The van der Waals surface area contributed by atoms with Gasteiger partial charge in [-0.05, 0) is 54.5 Å². The zero-order chi connectivity index (χ0) is 13.4. The number of fused-ring (bicyclic) bond motifs is 1. The van der Waals surface area contributed by atoms with E-state index in [1.807, 2.05) is 0 Å². The van der Waals surface area contributed by atoms with Gasteiger partial charge in [-0.1, -0.05) is 15.9 Å². The maximum absolute atomic E-state index is 13.9. The number of thiophene rings is 1. The number of hydrogen-bond donors (Lipinski definition) is 1. The van der Waals surface area contributed by atoms with Crippen molar-refractivity contribution in [3.05, 3.63) is 55.9 Å². The average molecular weight is 341 g/mol. The van der Waals surface area contributed by atoms with Crippen molar-refractivity contribution in [1.29, 1.82) is 0 Å². The third kappa shape index (κ3) is 2.49. The molecule has 1 heterocycles. The summed E-state index contributed by atoms with van der Waals surface area (Å²) in [6, 6.07) is 6.81. The molecule has 0 bridgehead atoms. The highest BCUT2D eigenvalue weighted by molar-refractivity contribution is 9.10. The first-order chi connectivity index (χ1) is 9.16. The number of aliphatic hydroxyl groups is 1. The minimum Gasteiger partial charge on any atom is -0.388 e. The average Bonchev–Trinajstić information content (AvgIpc) is 2.89. The van der Waals surface area contributed by atoms with Gasteiger partial charge in [-0.2, -0.15) is 0 Å². The van der Waals surface area contributed by atoms with E-state index >= 15 is 0 Å². The van der Waals surface area contributed by atoms with Gasteiger partial charge < -0.3 is 5.11 Å². The largest absolute Gasteiger partial charge is 0.388 e. The molecule has 1 N–H and O–H groups in total. The van der Waals surface area contributed by atoms with Gasteiger partial charge in [0.15, 0.2) is 0 Å². The Hall–Kier alpha value is -0.710. The van der Waals surface area contributed by atoms with Crippen LogP contribution in [0.2, 0.25) is 0 Å². The van der Waals surface area contributed by atoms with E-state index in [0.29, 0.717) is 5.56 Å². The molecule has 2 atom stereocenters. The molecule has 0 saturated heterocycles. The summed E-state index contributed by atoms with van der Waals surface area (Å²) in [5.41, 5.74) is 1.58. The second-order valence-corrected chi connectivity index (χ2v) is 6.82. The Balaban J connectivity index is 1.97. The van der Waals surface area contributed by atoms with Crippen LogP contribution >= 0.6 is 27.3 Å². The van der Waals surface area contributed by atoms with E-state index in [1.165, 1.54) is 16.5 Å². The maximum Gasteiger partial charge on any atom is 0.129 e. The van der Waals surface area contributed by atoms with Gasteiger partial charge in [-0.25, -0.2) is 4.39 Å². The van der Waals surface area contributed by atoms with Gasteiger partial charge in [0, 0.05) is 20.8 Å². The van der Waals surface area contributed by atoms with E-state index in [4.69, 9.17) is 0 Å². The van der Waals surface area contributed by atoms with Crippen LogP contribution in [-0.4, -0.2) is 5.11 Å². The lowest BCUT2D eigenvalue weighted by Crippen LogP contribution is -2.16. The zero-order valence-corrected chi connectivity index (χ0v) is 12.7. The Bertz CT molecular complexity index is 596. The van der Waals surface area contributed by atoms with Gasteiger partial charge in [0.1, 0.15) is 5.82 Å². The third-order valence-electron chi connectivity index (χ3n) is 3.76. The predicted molar refractivity (Wildman–Crippen MR) is 79.1 cm³/mol. The number of benzene rings is 1. The van der Waals surface area contributed by atoms with E-state index in [2.05, 4.69) is 27.4 Å². The predicted octanol–water partition coefficient (Wildman–Crippen LogP) is 4.80. The van der Waals surface area contributed by atoms with E-state index in [9.17, 15) is 9.50 Å². The van der Waals surface area contributed by atoms with Gasteiger partial charge in [0.25, 0.3) is 0 Å². The molecule has 1 aliphatic rings. The molecular formula is C15H14BrFOS. The summed E-state index contributed by atoms with van der Waals surface area (Å²) in [6.45, 7) is 0. The first kappa shape index (κ1) is 13.3. The molecule has 100 valence electrons. The molecule has 1 aliphatic carbocycles. The van der Waals surface area contributed by atoms with Gasteiger partial charge in [-0.15, -0.1) is 11.3 Å². The highest BCUT2D eigenvalue weighted by Crippen LogP contribution is 2.43. The minimum atomic E-state index is -0.772. The van der Waals surface area contributed by atoms with Crippen molar-refractivity contribution in [1.82, 2.24) is 0 Å². The van der Waals surface area contributed by atoms with Crippen LogP contribution in [0.1, 0.15) is 40.9 Å². The standard InChI is InChI=1S/C15H14BrFOS/c16-9-4-5-13(17)12(8-9)15(18)11-2-1-3-14-10(11)6-7-19-14/h4-8,11,15,18H,1-3H2. The van der Waals surface area contributed by atoms with Gasteiger partial charge in [0.05, 0.1) is 6.10 Å². The topological polar surface area (TPSA) is 20.2 Å². The van der Waals surface area contributed by atoms with Crippen LogP contribution in [0.15, 0.2) is 34.1 Å². The first-order valence-corrected chi connectivity index (χ1v) is 8.03. The highest BCUT2D eigenvalue weighted by atomic mass is 79.9. The Kier molecular flexibility index (Phi) is 3.74. The summed E-state index contributed by atoms with van der Waals surface area (Å²) in [5.74, 6) is -0.322. The fraction of sp³-hybridized carbons (Fsp3) is 0.333. The molecule has 3 rings (SSSR count). The van der Waals surface area contributed by atoms with Crippen molar-refractivity contribution in [2.24, 2.45) is 0 Å². The van der Waals surface area contributed by atoms with Crippen LogP contribution in [-0.2, 0) is 6.42 Å². The Labute approximate surface area is 124 Å². The smallest absolute Gasteiger partial charge is 0.129 e. The highest BCUT2D eigenvalue weighted by Gasteiger charge is 2.29. The van der Waals surface area contributed by atoms with Crippen LogP contribution < -0.4 is 0 Å². The quantitative estimate of drug-likeness (QED) is 0.832. The van der Waals surface area contributed by atoms with Crippen LogP contribution in [0.4, 0.5) is 4.39 Å². The van der Waals surface area contributed by atoms with Gasteiger partial charge >= 0.3 is 0 Å². The number of rotatable bonds is 2.